The predicted molar refractivity (Wildman–Crippen MR) is 156 cm³/mol. The molecule has 0 bridgehead atoms. The summed E-state index contributed by atoms with van der Waals surface area (Å²) in [6.45, 7) is 11.7. The minimum absolute atomic E-state index is 0.00157. The number of alkyl carbamates (subject to hydrolysis) is 1. The van der Waals surface area contributed by atoms with E-state index >= 15 is 0 Å². The van der Waals surface area contributed by atoms with Crippen LogP contribution in [0.4, 0.5) is 4.79 Å². The van der Waals surface area contributed by atoms with Crippen LogP contribution in [0.3, 0.4) is 0 Å². The van der Waals surface area contributed by atoms with Crippen LogP contribution < -0.4 is 5.32 Å². The highest BCUT2D eigenvalue weighted by Crippen LogP contribution is 2.44. The van der Waals surface area contributed by atoms with Gasteiger partial charge in [0.05, 0.1) is 45.3 Å². The Kier molecular flexibility index (Phi) is 15.4. The monoisotopic (exact) mass is 582 g/mol. The number of aromatic nitrogens is 2. The second-order valence-electron chi connectivity index (χ2n) is 11.2. The van der Waals surface area contributed by atoms with Crippen LogP contribution in [-0.2, 0) is 35.0 Å². The van der Waals surface area contributed by atoms with Gasteiger partial charge in [0.1, 0.15) is 12.8 Å². The van der Waals surface area contributed by atoms with Gasteiger partial charge in [-0.25, -0.2) is 9.48 Å². The maximum absolute atomic E-state index is 11.5. The molecule has 1 aliphatic heterocycles. The minimum Gasteiger partial charge on any atom is -0.448 e. The summed E-state index contributed by atoms with van der Waals surface area (Å²) in [5.74, 6) is 0.366. The number of hydrogen-bond donors (Lipinski definition) is 1. The Morgan fingerprint density at radius 3 is 2.27 bits per heavy atom. The van der Waals surface area contributed by atoms with Crippen molar-refractivity contribution < 1.29 is 33.2 Å². The van der Waals surface area contributed by atoms with E-state index < -0.39 is 6.09 Å². The number of rotatable bonds is 19. The highest BCUT2D eigenvalue weighted by atomic mass is 16.5. The first-order chi connectivity index (χ1) is 20.0. The molecule has 2 fully saturated rings. The number of carbonyl (C=O) groups is 1. The van der Waals surface area contributed by atoms with Gasteiger partial charge in [0.25, 0.3) is 0 Å². The molecule has 1 aromatic rings. The van der Waals surface area contributed by atoms with Gasteiger partial charge >= 0.3 is 6.09 Å². The summed E-state index contributed by atoms with van der Waals surface area (Å²) < 4.78 is 36.5. The molecule has 0 spiro atoms. The van der Waals surface area contributed by atoms with E-state index in [2.05, 4.69) is 23.5 Å². The Bertz CT molecular complexity index is 838. The normalized spacial score (nSPS) is 19.5. The van der Waals surface area contributed by atoms with E-state index in [-0.39, 0.29) is 11.6 Å². The fourth-order valence-corrected chi connectivity index (χ4v) is 5.66. The zero-order valence-corrected chi connectivity index (χ0v) is 25.9. The van der Waals surface area contributed by atoms with Crippen LogP contribution in [0.2, 0.25) is 0 Å². The predicted octanol–water partition coefficient (Wildman–Crippen LogP) is 4.12. The number of nitrogens with zero attached hydrogens (tertiary/aromatic N) is 3. The number of likely N-dealkylation sites (N-methyl/N-ethyl adjacent to an activating group) is 1. The number of hydrogen-bond acceptors (Lipinski definition) is 9. The van der Waals surface area contributed by atoms with E-state index in [4.69, 9.17) is 33.5 Å². The molecule has 2 aliphatic rings. The van der Waals surface area contributed by atoms with Crippen molar-refractivity contribution in [2.75, 3.05) is 86.7 Å². The van der Waals surface area contributed by atoms with Crippen molar-refractivity contribution in [3.8, 4) is 0 Å². The summed E-state index contributed by atoms with van der Waals surface area (Å²) in [6, 6.07) is 0. The lowest BCUT2D eigenvalue weighted by Crippen LogP contribution is -2.37. The molecular formula is C30H54N4O7. The summed E-state index contributed by atoms with van der Waals surface area (Å²) in [5, 5.41) is 7.64. The average molecular weight is 583 g/mol. The molecule has 1 aromatic heterocycles. The first kappa shape index (κ1) is 33.7. The number of carbonyl (C=O) groups excluding carboxylic acids is 1. The average Bonchev–Trinajstić information content (AvgIpc) is 3.41. The van der Waals surface area contributed by atoms with Crippen molar-refractivity contribution in [1.29, 1.82) is 0 Å². The number of amides is 1. The van der Waals surface area contributed by atoms with Crippen LogP contribution >= 0.6 is 0 Å². The number of nitrogens with one attached hydrogen (secondary N) is 1. The van der Waals surface area contributed by atoms with Gasteiger partial charge in [-0.05, 0) is 65.8 Å². The molecule has 0 aromatic carbocycles. The third kappa shape index (κ3) is 11.4. The van der Waals surface area contributed by atoms with Crippen molar-refractivity contribution in [3.63, 3.8) is 0 Å². The molecule has 1 atom stereocenters. The lowest BCUT2D eigenvalue weighted by atomic mass is 9.70. The third-order valence-corrected chi connectivity index (χ3v) is 8.04. The molecule has 1 aliphatic carbocycles. The summed E-state index contributed by atoms with van der Waals surface area (Å²) in [4.78, 5) is 13.6. The standard InChI is InChI=1S/C30H54N4O7/c1-5-36-17-19-38-23-30(24-39-20-18-37-6-2)12-10-25(11-13-30)28-26(21-33(4)14-16-41-29(35)31-3)22-34(32-28)27-9-7-8-15-40-27/h22,25,27H,5-21,23-24H2,1-4H3,(H,31,35). The van der Waals surface area contributed by atoms with E-state index in [0.717, 1.165) is 58.1 Å². The Hall–Kier alpha value is -1.76. The second-order valence-corrected chi connectivity index (χ2v) is 11.2. The molecule has 1 N–H and O–H groups in total. The maximum atomic E-state index is 11.5. The van der Waals surface area contributed by atoms with Gasteiger partial charge in [-0.3, -0.25) is 4.90 Å². The zero-order chi connectivity index (χ0) is 29.3. The molecule has 236 valence electrons. The summed E-state index contributed by atoms with van der Waals surface area (Å²) in [6.07, 6.45) is 9.12. The number of ether oxygens (including phenoxy) is 6. The summed E-state index contributed by atoms with van der Waals surface area (Å²) >= 11 is 0. The molecule has 1 unspecified atom stereocenters. The highest BCUT2D eigenvalue weighted by molar-refractivity contribution is 5.66. The van der Waals surface area contributed by atoms with E-state index in [1.807, 2.05) is 18.5 Å². The van der Waals surface area contributed by atoms with Crippen LogP contribution in [0, 0.1) is 5.41 Å². The van der Waals surface area contributed by atoms with Gasteiger partial charge in [0.2, 0.25) is 0 Å². The molecule has 41 heavy (non-hydrogen) atoms. The molecular weight excluding hydrogens is 528 g/mol. The van der Waals surface area contributed by atoms with Gasteiger partial charge < -0.3 is 33.7 Å². The van der Waals surface area contributed by atoms with Crippen LogP contribution in [0.15, 0.2) is 6.20 Å². The minimum atomic E-state index is -0.407. The summed E-state index contributed by atoms with van der Waals surface area (Å²) in [7, 11) is 3.62. The van der Waals surface area contributed by atoms with Crippen molar-refractivity contribution >= 4 is 6.09 Å². The largest absolute Gasteiger partial charge is 0.448 e. The van der Waals surface area contributed by atoms with Gasteiger partial charge in [0, 0.05) is 63.1 Å². The van der Waals surface area contributed by atoms with E-state index in [1.54, 1.807) is 7.05 Å². The topological polar surface area (TPSA) is 106 Å². The first-order valence-electron chi connectivity index (χ1n) is 15.5. The van der Waals surface area contributed by atoms with Crippen LogP contribution in [-0.4, -0.2) is 107 Å². The second kappa shape index (κ2) is 18.7. The molecule has 1 saturated carbocycles. The van der Waals surface area contributed by atoms with Crippen molar-refractivity contribution in [3.05, 3.63) is 17.5 Å². The van der Waals surface area contributed by atoms with Gasteiger partial charge in [-0.2, -0.15) is 5.10 Å². The SMILES string of the molecule is CCOCCOCC1(COCCOCC)CCC(c2nn(C3CCCCO3)cc2CN(C)CCOC(=O)NC)CC1. The Balaban J connectivity index is 1.66. The summed E-state index contributed by atoms with van der Waals surface area (Å²) in [5.41, 5.74) is 2.37. The van der Waals surface area contributed by atoms with Crippen LogP contribution in [0.25, 0.3) is 0 Å². The van der Waals surface area contributed by atoms with Crippen LogP contribution in [0.1, 0.15) is 82.2 Å². The van der Waals surface area contributed by atoms with E-state index in [9.17, 15) is 4.79 Å². The zero-order valence-electron chi connectivity index (χ0n) is 25.9. The van der Waals surface area contributed by atoms with E-state index in [1.165, 1.54) is 11.3 Å². The molecule has 11 nitrogen and oxygen atoms in total. The molecule has 2 heterocycles. The lowest BCUT2D eigenvalue weighted by Gasteiger charge is -2.39. The Morgan fingerprint density at radius 1 is 1.02 bits per heavy atom. The first-order valence-corrected chi connectivity index (χ1v) is 15.5. The van der Waals surface area contributed by atoms with Crippen molar-refractivity contribution in [2.45, 2.75) is 77.5 Å². The highest BCUT2D eigenvalue weighted by Gasteiger charge is 2.38. The lowest BCUT2D eigenvalue weighted by molar-refractivity contribution is -0.0630. The Labute approximate surface area is 246 Å². The maximum Gasteiger partial charge on any atom is 0.406 e. The fourth-order valence-electron chi connectivity index (χ4n) is 5.66. The van der Waals surface area contributed by atoms with Crippen molar-refractivity contribution in [1.82, 2.24) is 20.0 Å². The molecule has 1 saturated heterocycles. The van der Waals surface area contributed by atoms with Gasteiger partial charge in [0.15, 0.2) is 0 Å². The van der Waals surface area contributed by atoms with Crippen molar-refractivity contribution in [2.24, 2.45) is 5.41 Å². The smallest absolute Gasteiger partial charge is 0.406 e. The Morgan fingerprint density at radius 2 is 1.68 bits per heavy atom. The molecule has 11 heteroatoms. The third-order valence-electron chi connectivity index (χ3n) is 8.04. The van der Waals surface area contributed by atoms with Gasteiger partial charge in [-0.1, -0.05) is 0 Å². The fraction of sp³-hybridized carbons (Fsp3) is 0.867. The molecule has 3 rings (SSSR count). The quantitative estimate of drug-likeness (QED) is 0.241. The van der Waals surface area contributed by atoms with Crippen LogP contribution in [0.5, 0.6) is 0 Å². The molecule has 1 amide bonds. The molecule has 0 radical (unpaired) electrons. The van der Waals surface area contributed by atoms with Gasteiger partial charge in [-0.15, -0.1) is 0 Å². The van der Waals surface area contributed by atoms with E-state index in [0.29, 0.717) is 71.9 Å².